The molecule has 0 spiro atoms. The molecule has 2 aromatic rings. The van der Waals surface area contributed by atoms with E-state index in [4.69, 9.17) is 5.73 Å². The molecule has 1 amide bonds. The summed E-state index contributed by atoms with van der Waals surface area (Å²) >= 11 is 1.11. The minimum atomic E-state index is -0.529. The molecule has 0 saturated carbocycles. The summed E-state index contributed by atoms with van der Waals surface area (Å²) in [6.07, 6.45) is 1.50. The van der Waals surface area contributed by atoms with Crippen molar-refractivity contribution in [3.8, 4) is 0 Å². The third-order valence-electron chi connectivity index (χ3n) is 2.72. The molecule has 0 saturated heterocycles. The summed E-state index contributed by atoms with van der Waals surface area (Å²) in [5.74, 6) is -0.399. The highest BCUT2D eigenvalue weighted by Gasteiger charge is 2.19. The minimum Gasteiger partial charge on any atom is -0.351 e. The summed E-state index contributed by atoms with van der Waals surface area (Å²) in [5, 5.41) is 21.9. The van der Waals surface area contributed by atoms with Gasteiger partial charge in [0.25, 0.3) is 11.6 Å². The lowest BCUT2D eigenvalue weighted by atomic mass is 10.2. The number of rotatable bonds is 6. The number of nitro benzene ring substituents is 1. The Bertz CT molecular complexity index is 702. The zero-order chi connectivity index (χ0) is 16.1. The van der Waals surface area contributed by atoms with E-state index >= 15 is 0 Å². The van der Waals surface area contributed by atoms with Crippen molar-refractivity contribution >= 4 is 23.4 Å². The molecule has 0 fully saturated rings. The number of amides is 1. The Morgan fingerprint density at radius 2 is 2.32 bits per heavy atom. The van der Waals surface area contributed by atoms with E-state index in [1.54, 1.807) is 11.6 Å². The van der Waals surface area contributed by atoms with E-state index in [9.17, 15) is 14.9 Å². The molecule has 0 aliphatic carbocycles. The van der Waals surface area contributed by atoms with Crippen molar-refractivity contribution in [3.63, 3.8) is 0 Å². The number of aryl methyl sites for hydroxylation is 1. The topological polar surface area (TPSA) is 129 Å². The first-order valence-corrected chi connectivity index (χ1v) is 7.13. The lowest BCUT2D eigenvalue weighted by Crippen LogP contribution is -2.29. The Balaban J connectivity index is 2.30. The highest BCUT2D eigenvalue weighted by Crippen LogP contribution is 2.34. The van der Waals surface area contributed by atoms with Gasteiger partial charge in [0.2, 0.25) is 0 Å². The number of benzene rings is 1. The van der Waals surface area contributed by atoms with Crippen LogP contribution in [0, 0.1) is 10.1 Å². The molecule has 0 aliphatic rings. The average molecular weight is 322 g/mol. The number of nitro groups is 1. The van der Waals surface area contributed by atoms with E-state index in [1.165, 1.54) is 24.5 Å². The monoisotopic (exact) mass is 322 g/mol. The molecule has 0 radical (unpaired) electrons. The van der Waals surface area contributed by atoms with Crippen molar-refractivity contribution in [1.82, 2.24) is 20.1 Å². The predicted octanol–water partition coefficient (Wildman–Crippen LogP) is 0.563. The van der Waals surface area contributed by atoms with Crippen LogP contribution in [0.1, 0.15) is 10.4 Å². The van der Waals surface area contributed by atoms with Gasteiger partial charge < -0.3 is 15.6 Å². The summed E-state index contributed by atoms with van der Waals surface area (Å²) in [6.45, 7) is 0.607. The first-order valence-electron chi connectivity index (χ1n) is 6.31. The fourth-order valence-electron chi connectivity index (χ4n) is 1.64. The molecule has 2 rings (SSSR count). The van der Waals surface area contributed by atoms with Crippen LogP contribution in [-0.4, -0.2) is 38.7 Å². The number of aromatic nitrogens is 3. The second-order valence-corrected chi connectivity index (χ2v) is 5.32. The number of hydrogen-bond donors (Lipinski definition) is 2. The zero-order valence-electron chi connectivity index (χ0n) is 11.7. The summed E-state index contributed by atoms with van der Waals surface area (Å²) in [7, 11) is 1.74. The summed E-state index contributed by atoms with van der Waals surface area (Å²) in [4.78, 5) is 22.9. The maximum Gasteiger partial charge on any atom is 0.284 e. The van der Waals surface area contributed by atoms with Gasteiger partial charge in [0.1, 0.15) is 6.33 Å². The lowest BCUT2D eigenvalue weighted by Gasteiger charge is -2.06. The molecular weight excluding hydrogens is 308 g/mol. The van der Waals surface area contributed by atoms with Crippen molar-refractivity contribution < 1.29 is 9.72 Å². The standard InChI is InChI=1S/C12H14N6O3S/c1-17-7-15-16-12(17)22-10-3-2-8(6-9(10)18(20)21)11(19)14-5-4-13/h2-3,6-7H,4-5,13H2,1H3,(H,14,19). The Kier molecular flexibility index (Phi) is 5.07. The van der Waals surface area contributed by atoms with Crippen LogP contribution in [0.25, 0.3) is 0 Å². The smallest absolute Gasteiger partial charge is 0.284 e. The molecule has 1 aromatic carbocycles. The number of carbonyl (C=O) groups excluding carboxylic acids is 1. The number of nitrogens with one attached hydrogen (secondary N) is 1. The summed E-state index contributed by atoms with van der Waals surface area (Å²) in [6, 6.07) is 4.29. The van der Waals surface area contributed by atoms with Crippen LogP contribution in [0.5, 0.6) is 0 Å². The van der Waals surface area contributed by atoms with Gasteiger partial charge in [-0.05, 0) is 23.9 Å². The predicted molar refractivity (Wildman–Crippen MR) is 79.6 cm³/mol. The van der Waals surface area contributed by atoms with Gasteiger partial charge in [0.15, 0.2) is 5.16 Å². The third kappa shape index (κ3) is 3.59. The van der Waals surface area contributed by atoms with Crippen LogP contribution < -0.4 is 11.1 Å². The van der Waals surface area contributed by atoms with Gasteiger partial charge in [0, 0.05) is 31.8 Å². The minimum absolute atomic E-state index is 0.159. The second kappa shape index (κ2) is 7.00. The molecule has 0 aliphatic heterocycles. The molecule has 0 bridgehead atoms. The van der Waals surface area contributed by atoms with E-state index in [0.29, 0.717) is 23.1 Å². The van der Waals surface area contributed by atoms with Gasteiger partial charge in [0.05, 0.1) is 9.82 Å². The number of hydrogen-bond acceptors (Lipinski definition) is 7. The highest BCUT2D eigenvalue weighted by atomic mass is 32.2. The largest absolute Gasteiger partial charge is 0.351 e. The van der Waals surface area contributed by atoms with E-state index in [0.717, 1.165) is 11.8 Å². The van der Waals surface area contributed by atoms with Crippen LogP contribution in [0.15, 0.2) is 34.6 Å². The molecular formula is C12H14N6O3S. The second-order valence-electron chi connectivity index (χ2n) is 4.31. The normalized spacial score (nSPS) is 10.5. The number of nitrogens with two attached hydrogens (primary N) is 1. The van der Waals surface area contributed by atoms with Gasteiger partial charge in [-0.1, -0.05) is 0 Å². The van der Waals surface area contributed by atoms with Crippen molar-refractivity contribution in [1.29, 1.82) is 0 Å². The molecule has 0 atom stereocenters. The molecule has 3 N–H and O–H groups in total. The van der Waals surface area contributed by atoms with Gasteiger partial charge in [-0.25, -0.2) is 0 Å². The van der Waals surface area contributed by atoms with Crippen LogP contribution >= 0.6 is 11.8 Å². The molecule has 116 valence electrons. The highest BCUT2D eigenvalue weighted by molar-refractivity contribution is 7.99. The SMILES string of the molecule is Cn1cnnc1Sc1ccc(C(=O)NCCN)cc1[N+](=O)[O-]. The van der Waals surface area contributed by atoms with Crippen LogP contribution in [0.3, 0.4) is 0 Å². The Labute approximate surface area is 130 Å². The van der Waals surface area contributed by atoms with Crippen LogP contribution in [0.4, 0.5) is 5.69 Å². The molecule has 9 nitrogen and oxygen atoms in total. The van der Waals surface area contributed by atoms with Gasteiger partial charge in [-0.15, -0.1) is 10.2 Å². The maximum atomic E-state index is 11.8. The quantitative estimate of drug-likeness (QED) is 0.587. The molecule has 1 heterocycles. The van der Waals surface area contributed by atoms with Crippen LogP contribution in [0.2, 0.25) is 0 Å². The van der Waals surface area contributed by atoms with Crippen molar-refractivity contribution in [2.45, 2.75) is 10.1 Å². The Morgan fingerprint density at radius 3 is 2.91 bits per heavy atom. The number of carbonyl (C=O) groups is 1. The Hall–Kier alpha value is -2.46. The fraction of sp³-hybridized carbons (Fsp3) is 0.250. The summed E-state index contributed by atoms with van der Waals surface area (Å²) < 4.78 is 1.65. The van der Waals surface area contributed by atoms with E-state index < -0.39 is 10.8 Å². The molecule has 10 heteroatoms. The Morgan fingerprint density at radius 1 is 1.55 bits per heavy atom. The van der Waals surface area contributed by atoms with Gasteiger partial charge >= 0.3 is 0 Å². The van der Waals surface area contributed by atoms with Gasteiger partial charge in [-0.2, -0.15) is 0 Å². The molecule has 1 aromatic heterocycles. The average Bonchev–Trinajstić information content (AvgIpc) is 2.90. The van der Waals surface area contributed by atoms with E-state index in [1.807, 2.05) is 0 Å². The van der Waals surface area contributed by atoms with Crippen molar-refractivity contribution in [2.24, 2.45) is 12.8 Å². The fourth-order valence-corrected chi connectivity index (χ4v) is 2.49. The first kappa shape index (κ1) is 15.9. The maximum absolute atomic E-state index is 11.8. The van der Waals surface area contributed by atoms with Gasteiger partial charge in [-0.3, -0.25) is 14.9 Å². The van der Waals surface area contributed by atoms with E-state index in [-0.39, 0.29) is 11.3 Å². The lowest BCUT2D eigenvalue weighted by molar-refractivity contribution is -0.387. The van der Waals surface area contributed by atoms with Crippen LogP contribution in [-0.2, 0) is 7.05 Å². The van der Waals surface area contributed by atoms with E-state index in [2.05, 4.69) is 15.5 Å². The summed E-state index contributed by atoms with van der Waals surface area (Å²) in [5.41, 5.74) is 5.36. The van der Waals surface area contributed by atoms with Crippen molar-refractivity contribution in [2.75, 3.05) is 13.1 Å². The third-order valence-corrected chi connectivity index (χ3v) is 3.84. The first-order chi connectivity index (χ1) is 10.5. The zero-order valence-corrected chi connectivity index (χ0v) is 12.5. The van der Waals surface area contributed by atoms with Crippen molar-refractivity contribution in [3.05, 3.63) is 40.2 Å². The number of nitrogens with zero attached hydrogens (tertiary/aromatic N) is 4. The molecule has 0 unspecified atom stereocenters. The molecule has 22 heavy (non-hydrogen) atoms.